The van der Waals surface area contributed by atoms with Crippen molar-refractivity contribution < 1.29 is 22.8 Å². The third-order valence-electron chi connectivity index (χ3n) is 7.31. The highest BCUT2D eigenvalue weighted by atomic mass is 32.2. The molecule has 1 aliphatic carbocycles. The van der Waals surface area contributed by atoms with E-state index in [1.54, 1.807) is 11.2 Å². The fraction of sp³-hybridized carbons (Fsp3) is 0.452. The summed E-state index contributed by atoms with van der Waals surface area (Å²) < 4.78 is 38.0. The van der Waals surface area contributed by atoms with E-state index in [0.29, 0.717) is 42.6 Å². The number of unbranched alkanes of at least 4 members (excludes halogenated alkanes) is 2. The van der Waals surface area contributed by atoms with Crippen LogP contribution in [0.2, 0.25) is 0 Å². The third kappa shape index (κ3) is 9.90. The van der Waals surface area contributed by atoms with Crippen molar-refractivity contribution in [3.8, 4) is 0 Å². The van der Waals surface area contributed by atoms with E-state index >= 15 is 0 Å². The van der Waals surface area contributed by atoms with Gasteiger partial charge in [-0.25, -0.2) is 4.99 Å². The van der Waals surface area contributed by atoms with Crippen LogP contribution in [0.25, 0.3) is 0 Å². The van der Waals surface area contributed by atoms with Crippen LogP contribution in [-0.4, -0.2) is 60.2 Å². The number of hydrogen-bond donors (Lipinski definition) is 3. The smallest absolute Gasteiger partial charge is 0.385 e. The molecule has 2 aliphatic rings. The standard InChI is InChI=1S/C31H38F3N5O2S/c32-31(33,34)23-12-14-25(15-13-23)36-18-6-2-5-17-35-20-29(40)39-19-16-28(38-22-37-24-8-3-1-4-9-24)27(21-39)30(41)42-26-10-7-11-26/h1,3-4,8-9,12-15,22,26,35-36H,2,5-7,10-11,16-21H2,(H,37,38). The number of rotatable bonds is 14. The van der Waals surface area contributed by atoms with Gasteiger partial charge >= 0.3 is 6.18 Å². The number of carbonyl (C=O) groups excluding carboxylic acids is 2. The van der Waals surface area contributed by atoms with E-state index in [0.717, 1.165) is 62.0 Å². The lowest BCUT2D eigenvalue weighted by atomic mass is 10.00. The van der Waals surface area contributed by atoms with Gasteiger partial charge in [0.15, 0.2) is 0 Å². The lowest BCUT2D eigenvalue weighted by molar-refractivity contribution is -0.137. The lowest BCUT2D eigenvalue weighted by Crippen LogP contribution is -2.43. The van der Waals surface area contributed by atoms with Gasteiger partial charge in [-0.1, -0.05) is 42.8 Å². The van der Waals surface area contributed by atoms with Crippen molar-refractivity contribution in [2.24, 2.45) is 4.99 Å². The minimum absolute atomic E-state index is 0.0157. The number of nitrogens with zero attached hydrogens (tertiary/aromatic N) is 2. The van der Waals surface area contributed by atoms with Crippen LogP contribution in [0.1, 0.15) is 50.5 Å². The molecule has 42 heavy (non-hydrogen) atoms. The molecule has 0 spiro atoms. The molecule has 226 valence electrons. The zero-order chi connectivity index (χ0) is 29.8. The number of carbonyl (C=O) groups is 2. The van der Waals surface area contributed by atoms with Crippen LogP contribution in [0.5, 0.6) is 0 Å². The normalized spacial score (nSPS) is 16.0. The van der Waals surface area contributed by atoms with Gasteiger partial charge in [-0.15, -0.1) is 0 Å². The summed E-state index contributed by atoms with van der Waals surface area (Å²) in [5, 5.41) is 9.86. The van der Waals surface area contributed by atoms with Crippen molar-refractivity contribution in [3.05, 3.63) is 71.4 Å². The van der Waals surface area contributed by atoms with E-state index in [9.17, 15) is 22.8 Å². The zero-order valence-corrected chi connectivity index (χ0v) is 24.4. The Labute approximate surface area is 249 Å². The summed E-state index contributed by atoms with van der Waals surface area (Å²) in [6.45, 7) is 2.33. The van der Waals surface area contributed by atoms with Gasteiger partial charge in [0.05, 0.1) is 30.7 Å². The van der Waals surface area contributed by atoms with Gasteiger partial charge in [0.2, 0.25) is 11.0 Å². The average molecular weight is 602 g/mol. The maximum Gasteiger partial charge on any atom is 0.416 e. The molecule has 1 saturated carbocycles. The Kier molecular flexibility index (Phi) is 11.9. The second kappa shape index (κ2) is 15.8. The largest absolute Gasteiger partial charge is 0.416 e. The van der Waals surface area contributed by atoms with E-state index in [4.69, 9.17) is 0 Å². The monoisotopic (exact) mass is 601 g/mol. The SMILES string of the molecule is O=C(SC1CCC1)C1=C(N=CNc2ccccc2)CCN(C(=O)CNCCCCCNc2ccc(C(F)(F)F)cc2)C1. The van der Waals surface area contributed by atoms with Gasteiger partial charge in [0, 0.05) is 41.7 Å². The quantitative estimate of drug-likeness (QED) is 0.134. The van der Waals surface area contributed by atoms with Crippen LogP contribution in [0.15, 0.2) is 70.9 Å². The van der Waals surface area contributed by atoms with Crippen LogP contribution in [-0.2, 0) is 15.8 Å². The summed E-state index contributed by atoms with van der Waals surface area (Å²) >= 11 is 1.38. The number of aliphatic imine (C=N–C) groups is 1. The Morgan fingerprint density at radius 1 is 0.976 bits per heavy atom. The van der Waals surface area contributed by atoms with Gasteiger partial charge in [0.25, 0.3) is 0 Å². The summed E-state index contributed by atoms with van der Waals surface area (Å²) in [5.74, 6) is -0.0386. The second-order valence-corrected chi connectivity index (χ2v) is 11.7. The molecule has 2 aromatic carbocycles. The number of halogens is 3. The van der Waals surface area contributed by atoms with Crippen molar-refractivity contribution in [1.29, 1.82) is 0 Å². The molecule has 1 heterocycles. The summed E-state index contributed by atoms with van der Waals surface area (Å²) in [7, 11) is 0. The molecule has 1 amide bonds. The molecule has 2 aromatic rings. The molecule has 0 radical (unpaired) electrons. The predicted octanol–water partition coefficient (Wildman–Crippen LogP) is 6.32. The molecule has 1 fully saturated rings. The highest BCUT2D eigenvalue weighted by Gasteiger charge is 2.31. The number of para-hydroxylation sites is 1. The second-order valence-electron chi connectivity index (χ2n) is 10.5. The maximum atomic E-state index is 13.2. The predicted molar refractivity (Wildman–Crippen MR) is 164 cm³/mol. The Balaban J connectivity index is 1.17. The van der Waals surface area contributed by atoms with Gasteiger partial charge in [0.1, 0.15) is 0 Å². The van der Waals surface area contributed by atoms with E-state index in [2.05, 4.69) is 20.9 Å². The van der Waals surface area contributed by atoms with E-state index in [1.165, 1.54) is 23.9 Å². The van der Waals surface area contributed by atoms with Crippen molar-refractivity contribution in [2.45, 2.75) is 56.4 Å². The Bertz CT molecular complexity index is 1230. The van der Waals surface area contributed by atoms with Crippen molar-refractivity contribution >= 4 is 40.5 Å². The van der Waals surface area contributed by atoms with Gasteiger partial charge < -0.3 is 20.9 Å². The van der Waals surface area contributed by atoms with Crippen LogP contribution in [0.4, 0.5) is 24.5 Å². The molecule has 0 bridgehead atoms. The number of hydrogen-bond acceptors (Lipinski definition) is 6. The first kappa shape index (κ1) is 31.6. The molecule has 3 N–H and O–H groups in total. The van der Waals surface area contributed by atoms with Crippen LogP contribution in [0.3, 0.4) is 0 Å². The lowest BCUT2D eigenvalue weighted by Gasteiger charge is -2.30. The third-order valence-corrected chi connectivity index (χ3v) is 8.58. The highest BCUT2D eigenvalue weighted by molar-refractivity contribution is 8.14. The number of benzene rings is 2. The van der Waals surface area contributed by atoms with E-state index in [-0.39, 0.29) is 24.1 Å². The molecule has 11 heteroatoms. The summed E-state index contributed by atoms with van der Waals surface area (Å²) in [6.07, 6.45) is 3.71. The van der Waals surface area contributed by atoms with Crippen molar-refractivity contribution in [1.82, 2.24) is 10.2 Å². The molecule has 0 atom stereocenters. The number of amides is 1. The molecule has 0 unspecified atom stereocenters. The maximum absolute atomic E-state index is 13.2. The topological polar surface area (TPSA) is 85.8 Å². The summed E-state index contributed by atoms with van der Waals surface area (Å²) in [4.78, 5) is 32.4. The first-order valence-corrected chi connectivity index (χ1v) is 15.3. The van der Waals surface area contributed by atoms with E-state index in [1.807, 2.05) is 30.3 Å². The minimum Gasteiger partial charge on any atom is -0.385 e. The fourth-order valence-electron chi connectivity index (χ4n) is 4.59. The molecule has 1 aliphatic heterocycles. The summed E-state index contributed by atoms with van der Waals surface area (Å²) in [5.41, 5.74) is 2.25. The van der Waals surface area contributed by atoms with Crippen molar-refractivity contribution in [2.75, 3.05) is 43.4 Å². The minimum atomic E-state index is -4.33. The van der Waals surface area contributed by atoms with Gasteiger partial charge in [-0.2, -0.15) is 13.2 Å². The van der Waals surface area contributed by atoms with Gasteiger partial charge in [-0.3, -0.25) is 9.59 Å². The zero-order valence-electron chi connectivity index (χ0n) is 23.6. The molecular weight excluding hydrogens is 563 g/mol. The van der Waals surface area contributed by atoms with Crippen LogP contribution < -0.4 is 16.0 Å². The number of anilines is 2. The van der Waals surface area contributed by atoms with Gasteiger partial charge in [-0.05, 0) is 68.6 Å². The first-order chi connectivity index (χ1) is 20.3. The number of thioether (sulfide) groups is 1. The Hall–Kier alpha value is -3.31. The molecular formula is C31H38F3N5O2S. The number of nitrogens with one attached hydrogen (secondary N) is 3. The highest BCUT2D eigenvalue weighted by Crippen LogP contribution is 2.35. The first-order valence-electron chi connectivity index (χ1n) is 14.5. The molecule has 4 rings (SSSR count). The number of alkyl halides is 3. The molecule has 0 aromatic heterocycles. The average Bonchev–Trinajstić information content (AvgIpc) is 2.96. The van der Waals surface area contributed by atoms with Crippen LogP contribution >= 0.6 is 11.8 Å². The Morgan fingerprint density at radius 3 is 2.40 bits per heavy atom. The van der Waals surface area contributed by atoms with E-state index < -0.39 is 11.7 Å². The summed E-state index contributed by atoms with van der Waals surface area (Å²) in [6, 6.07) is 14.7. The fourth-order valence-corrected chi connectivity index (χ4v) is 5.79. The Morgan fingerprint density at radius 2 is 1.71 bits per heavy atom. The molecule has 7 nitrogen and oxygen atoms in total. The van der Waals surface area contributed by atoms with Crippen LogP contribution in [0, 0.1) is 0 Å². The molecule has 0 saturated heterocycles. The van der Waals surface area contributed by atoms with Crippen molar-refractivity contribution in [3.63, 3.8) is 0 Å².